The van der Waals surface area contributed by atoms with Crippen LogP contribution in [0.4, 0.5) is 5.13 Å². The number of anilines is 1. The van der Waals surface area contributed by atoms with Gasteiger partial charge in [0.2, 0.25) is 5.91 Å². The zero-order valence-electron chi connectivity index (χ0n) is 16.0. The van der Waals surface area contributed by atoms with Gasteiger partial charge in [0.15, 0.2) is 10.3 Å². The normalized spacial score (nSPS) is 16.9. The molecule has 3 aromatic rings. The number of aromatic amines is 1. The van der Waals surface area contributed by atoms with Crippen LogP contribution in [0.2, 0.25) is 0 Å². The Balaban J connectivity index is 1.53. The minimum atomic E-state index is -0.166. The highest BCUT2D eigenvalue weighted by Gasteiger charge is 2.31. The standard InChI is InChI=1S/C19H22N4O2S3/c1-19(2,3)10-4-5-11-12(8-10)28-16-14(11)15(25)22-18(23-16)27-9-13(24)21-17-20-6-7-26-17/h6-7,10H,4-5,8-9H2,1-3H3,(H,20,21,24)(H,22,23,25). The van der Waals surface area contributed by atoms with Crippen molar-refractivity contribution in [1.29, 1.82) is 0 Å². The van der Waals surface area contributed by atoms with E-state index in [1.54, 1.807) is 22.9 Å². The van der Waals surface area contributed by atoms with Crippen LogP contribution < -0.4 is 10.9 Å². The molecule has 2 N–H and O–H groups in total. The first-order valence-corrected chi connectivity index (χ1v) is 11.9. The molecule has 3 heterocycles. The maximum absolute atomic E-state index is 12.7. The highest BCUT2D eigenvalue weighted by Crippen LogP contribution is 2.42. The van der Waals surface area contributed by atoms with Gasteiger partial charge in [-0.1, -0.05) is 32.5 Å². The Morgan fingerprint density at radius 1 is 1.43 bits per heavy atom. The van der Waals surface area contributed by atoms with Crippen LogP contribution in [-0.2, 0) is 17.6 Å². The fraction of sp³-hybridized carbons (Fsp3) is 0.474. The van der Waals surface area contributed by atoms with E-state index >= 15 is 0 Å². The number of aryl methyl sites for hydroxylation is 1. The SMILES string of the molecule is CC(C)(C)C1CCc2c(sc3nc(SCC(=O)Nc4nccs4)[nH]c(=O)c23)C1. The number of hydrogen-bond acceptors (Lipinski definition) is 7. The molecular formula is C19H22N4O2S3. The first-order chi connectivity index (χ1) is 13.3. The molecule has 4 rings (SSSR count). The Labute approximate surface area is 175 Å². The van der Waals surface area contributed by atoms with Gasteiger partial charge in [-0.05, 0) is 36.2 Å². The van der Waals surface area contributed by atoms with Crippen LogP contribution in [0, 0.1) is 11.3 Å². The van der Waals surface area contributed by atoms with Gasteiger partial charge in [0, 0.05) is 16.5 Å². The molecular weight excluding hydrogens is 412 g/mol. The molecule has 3 aromatic heterocycles. The van der Waals surface area contributed by atoms with Gasteiger partial charge in [-0.2, -0.15) is 0 Å². The lowest BCUT2D eigenvalue weighted by molar-refractivity contribution is -0.113. The highest BCUT2D eigenvalue weighted by atomic mass is 32.2. The van der Waals surface area contributed by atoms with Crippen LogP contribution in [0.15, 0.2) is 21.5 Å². The predicted molar refractivity (Wildman–Crippen MR) is 117 cm³/mol. The number of thiazole rings is 1. The van der Waals surface area contributed by atoms with Gasteiger partial charge in [0.1, 0.15) is 4.83 Å². The Kier molecular flexibility index (Phi) is 5.32. The van der Waals surface area contributed by atoms with E-state index in [-0.39, 0.29) is 22.6 Å². The summed E-state index contributed by atoms with van der Waals surface area (Å²) >= 11 is 4.24. The number of rotatable bonds is 4. The minimum Gasteiger partial charge on any atom is -0.301 e. The summed E-state index contributed by atoms with van der Waals surface area (Å²) in [6, 6.07) is 0. The number of thioether (sulfide) groups is 1. The van der Waals surface area contributed by atoms with Gasteiger partial charge in [0.05, 0.1) is 11.1 Å². The largest absolute Gasteiger partial charge is 0.301 e. The topological polar surface area (TPSA) is 87.7 Å². The number of thiophene rings is 1. The number of carbonyl (C=O) groups excluding carboxylic acids is 1. The summed E-state index contributed by atoms with van der Waals surface area (Å²) in [5.74, 6) is 0.627. The fourth-order valence-electron chi connectivity index (χ4n) is 3.55. The Morgan fingerprint density at radius 3 is 2.96 bits per heavy atom. The Bertz CT molecular complexity index is 1060. The Hall–Kier alpha value is -1.71. The monoisotopic (exact) mass is 434 g/mol. The van der Waals surface area contributed by atoms with E-state index in [0.29, 0.717) is 16.2 Å². The molecule has 0 aromatic carbocycles. The van der Waals surface area contributed by atoms with Crippen LogP contribution in [-0.4, -0.2) is 26.6 Å². The zero-order valence-corrected chi connectivity index (χ0v) is 18.4. The molecule has 1 atom stereocenters. The summed E-state index contributed by atoms with van der Waals surface area (Å²) in [5.41, 5.74) is 1.34. The second kappa shape index (κ2) is 7.61. The molecule has 148 valence electrons. The van der Waals surface area contributed by atoms with Crippen molar-refractivity contribution in [2.75, 3.05) is 11.1 Å². The van der Waals surface area contributed by atoms with Crippen LogP contribution in [0.5, 0.6) is 0 Å². The van der Waals surface area contributed by atoms with Crippen molar-refractivity contribution in [2.45, 2.75) is 45.2 Å². The van der Waals surface area contributed by atoms with Crippen molar-refractivity contribution in [3.05, 3.63) is 32.4 Å². The molecule has 0 saturated heterocycles. The lowest BCUT2D eigenvalue weighted by atomic mass is 9.72. The number of aromatic nitrogens is 3. The third-order valence-corrected chi connectivity index (χ3v) is 7.85. The van der Waals surface area contributed by atoms with Crippen LogP contribution >= 0.6 is 34.4 Å². The van der Waals surface area contributed by atoms with Crippen molar-refractivity contribution in [1.82, 2.24) is 15.0 Å². The van der Waals surface area contributed by atoms with E-state index < -0.39 is 0 Å². The number of amides is 1. The average molecular weight is 435 g/mol. The van der Waals surface area contributed by atoms with Crippen LogP contribution in [0.3, 0.4) is 0 Å². The number of hydrogen-bond donors (Lipinski definition) is 2. The number of nitrogens with one attached hydrogen (secondary N) is 2. The number of fused-ring (bicyclic) bond motifs is 3. The molecule has 9 heteroatoms. The second-order valence-corrected chi connectivity index (χ2v) is 11.0. The van der Waals surface area contributed by atoms with Gasteiger partial charge >= 0.3 is 0 Å². The number of H-pyrrole nitrogens is 1. The molecule has 1 unspecified atom stereocenters. The molecule has 1 amide bonds. The van der Waals surface area contributed by atoms with E-state index in [1.807, 2.05) is 0 Å². The summed E-state index contributed by atoms with van der Waals surface area (Å²) in [7, 11) is 0. The summed E-state index contributed by atoms with van der Waals surface area (Å²) in [5, 5.41) is 6.33. The molecule has 0 radical (unpaired) electrons. The van der Waals surface area contributed by atoms with Crippen LogP contribution in [0.25, 0.3) is 10.2 Å². The molecule has 0 fully saturated rings. The van der Waals surface area contributed by atoms with Gasteiger partial charge in [-0.3, -0.25) is 9.59 Å². The Morgan fingerprint density at radius 2 is 2.25 bits per heavy atom. The molecule has 28 heavy (non-hydrogen) atoms. The van der Waals surface area contributed by atoms with E-state index in [4.69, 9.17) is 0 Å². The maximum Gasteiger partial charge on any atom is 0.260 e. The van der Waals surface area contributed by atoms with E-state index in [9.17, 15) is 9.59 Å². The van der Waals surface area contributed by atoms with Crippen molar-refractivity contribution in [3.63, 3.8) is 0 Å². The number of carbonyl (C=O) groups is 1. The molecule has 0 aliphatic heterocycles. The third kappa shape index (κ3) is 4.01. The summed E-state index contributed by atoms with van der Waals surface area (Å²) in [6.45, 7) is 6.85. The lowest BCUT2D eigenvalue weighted by Gasteiger charge is -2.33. The minimum absolute atomic E-state index is 0.0976. The second-order valence-electron chi connectivity index (χ2n) is 8.03. The maximum atomic E-state index is 12.7. The lowest BCUT2D eigenvalue weighted by Crippen LogP contribution is -2.26. The molecule has 6 nitrogen and oxygen atoms in total. The van der Waals surface area contributed by atoms with Crippen molar-refractivity contribution in [3.8, 4) is 0 Å². The molecule has 0 saturated carbocycles. The summed E-state index contributed by atoms with van der Waals surface area (Å²) < 4.78 is 0. The van der Waals surface area contributed by atoms with E-state index in [2.05, 4.69) is 41.0 Å². The van der Waals surface area contributed by atoms with Gasteiger partial charge < -0.3 is 10.3 Å². The first-order valence-electron chi connectivity index (χ1n) is 9.18. The average Bonchev–Trinajstić information content (AvgIpc) is 3.25. The smallest absolute Gasteiger partial charge is 0.260 e. The fourth-order valence-corrected chi connectivity index (χ4v) is 6.11. The van der Waals surface area contributed by atoms with E-state index in [0.717, 1.165) is 29.5 Å². The molecule has 0 spiro atoms. The molecule has 1 aliphatic rings. The van der Waals surface area contributed by atoms with Crippen molar-refractivity contribution in [2.24, 2.45) is 11.3 Å². The summed E-state index contributed by atoms with van der Waals surface area (Å²) in [6.07, 6.45) is 4.70. The molecule has 1 aliphatic carbocycles. The van der Waals surface area contributed by atoms with Crippen molar-refractivity contribution >= 4 is 55.7 Å². The van der Waals surface area contributed by atoms with Gasteiger partial charge in [0.25, 0.3) is 5.56 Å². The van der Waals surface area contributed by atoms with Crippen molar-refractivity contribution < 1.29 is 4.79 Å². The quantitative estimate of drug-likeness (QED) is 0.472. The van der Waals surface area contributed by atoms with E-state index in [1.165, 1.54) is 33.5 Å². The molecule has 0 bridgehead atoms. The third-order valence-electron chi connectivity index (χ3n) is 5.14. The summed E-state index contributed by atoms with van der Waals surface area (Å²) in [4.78, 5) is 38.3. The zero-order chi connectivity index (χ0) is 19.9. The first kappa shape index (κ1) is 19.6. The number of nitrogens with zero attached hydrogens (tertiary/aromatic N) is 2. The van der Waals surface area contributed by atoms with Gasteiger partial charge in [-0.25, -0.2) is 9.97 Å². The predicted octanol–water partition coefficient (Wildman–Crippen LogP) is 4.32. The van der Waals surface area contributed by atoms with Gasteiger partial charge in [-0.15, -0.1) is 22.7 Å². The van der Waals surface area contributed by atoms with Crippen LogP contribution in [0.1, 0.15) is 37.6 Å². The highest BCUT2D eigenvalue weighted by molar-refractivity contribution is 7.99.